The van der Waals surface area contributed by atoms with Crippen LogP contribution in [-0.4, -0.2) is 93.7 Å². The van der Waals surface area contributed by atoms with Crippen LogP contribution in [0.2, 0.25) is 0 Å². The van der Waals surface area contributed by atoms with Gasteiger partial charge in [-0.25, -0.2) is 4.79 Å². The summed E-state index contributed by atoms with van der Waals surface area (Å²) in [6.45, 7) is 0. The smallest absolute Gasteiger partial charge is 0.339 e. The second-order valence-corrected chi connectivity index (χ2v) is 9.81. The van der Waals surface area contributed by atoms with E-state index in [1.165, 1.54) is 25.1 Å². The molecular formula is C24H27N3O9. The van der Waals surface area contributed by atoms with Crippen molar-refractivity contribution >= 4 is 34.9 Å². The number of carboxylic acids is 1. The molecule has 1 saturated carbocycles. The molecule has 0 radical (unpaired) electrons. The number of likely N-dealkylation sites (N-methyl/N-ethyl adjacent to an activating group) is 1. The maximum absolute atomic E-state index is 13.8. The highest BCUT2D eigenvalue weighted by Gasteiger charge is 2.64. The molecule has 12 heteroatoms. The van der Waals surface area contributed by atoms with Crippen molar-refractivity contribution in [1.29, 1.82) is 0 Å². The summed E-state index contributed by atoms with van der Waals surface area (Å²) < 4.78 is 0. The molecule has 36 heavy (non-hydrogen) atoms. The number of carbonyl (C=O) groups excluding carboxylic acids is 3. The van der Waals surface area contributed by atoms with Gasteiger partial charge in [-0.15, -0.1) is 0 Å². The number of Topliss-reactive ketones (excluding diaryl/α,β-unsaturated/α-hetero) is 2. The van der Waals surface area contributed by atoms with E-state index in [9.17, 15) is 44.7 Å². The van der Waals surface area contributed by atoms with Crippen LogP contribution < -0.4 is 10.6 Å². The van der Waals surface area contributed by atoms with Gasteiger partial charge in [0.05, 0.1) is 11.6 Å². The van der Waals surface area contributed by atoms with Crippen molar-refractivity contribution in [1.82, 2.24) is 4.90 Å². The lowest BCUT2D eigenvalue weighted by Gasteiger charge is -2.50. The number of nitrogens with zero attached hydrogens (tertiary/aromatic N) is 2. The standard InChI is InChI=1S/C24H27N3O9/c1-26(2)12-7-10(23(34)35)17(28)14-9(12)5-8-6-11-16(27(3)4)19(30)15(22(25)33)21(32)24(11,36)20(31)13(8)18(14)29/h7-8,11,16,28-29,32,36H,5-6H2,1-4H3,(H2,25,33)(H,34,35)/t8?,11?,16?,24-/m0/s1. The normalized spacial score (nSPS) is 27.6. The number of aromatic carboxylic acids is 1. The van der Waals surface area contributed by atoms with Crippen molar-refractivity contribution < 1.29 is 44.7 Å². The van der Waals surface area contributed by atoms with E-state index in [0.29, 0.717) is 11.3 Å². The molecule has 1 amide bonds. The van der Waals surface area contributed by atoms with Crippen molar-refractivity contribution in [2.24, 2.45) is 17.6 Å². The van der Waals surface area contributed by atoms with Crippen LogP contribution in [0.15, 0.2) is 23.0 Å². The van der Waals surface area contributed by atoms with Gasteiger partial charge < -0.3 is 36.2 Å². The molecule has 3 aliphatic rings. The van der Waals surface area contributed by atoms with Gasteiger partial charge in [-0.1, -0.05) is 0 Å². The highest BCUT2D eigenvalue weighted by atomic mass is 16.4. The molecule has 3 aliphatic carbocycles. The lowest BCUT2D eigenvalue weighted by atomic mass is 9.57. The Morgan fingerprint density at radius 3 is 2.22 bits per heavy atom. The van der Waals surface area contributed by atoms with Crippen LogP contribution in [0.4, 0.5) is 5.69 Å². The number of rotatable bonds is 4. The van der Waals surface area contributed by atoms with Crippen LogP contribution in [0.5, 0.6) is 5.75 Å². The third-order valence-electron chi connectivity index (χ3n) is 7.41. The number of anilines is 1. The van der Waals surface area contributed by atoms with Crippen LogP contribution in [0.25, 0.3) is 5.76 Å². The lowest BCUT2D eigenvalue weighted by Crippen LogP contribution is -2.65. The molecular weight excluding hydrogens is 474 g/mol. The molecule has 3 unspecified atom stereocenters. The Labute approximate surface area is 205 Å². The van der Waals surface area contributed by atoms with Gasteiger partial charge in [0.1, 0.15) is 28.4 Å². The number of nitrogens with two attached hydrogens (primary N) is 1. The molecule has 4 atom stereocenters. The second kappa shape index (κ2) is 8.07. The SMILES string of the molecule is CN(C)c1cc(C(=O)O)c(O)c2c1CC1CC3C(N(C)C)C(=O)C(C(N)=O)=C(O)[C@@]3(O)C(=O)C1=C2O. The molecule has 1 fully saturated rings. The van der Waals surface area contributed by atoms with Gasteiger partial charge in [0.15, 0.2) is 11.4 Å². The maximum Gasteiger partial charge on any atom is 0.339 e. The van der Waals surface area contributed by atoms with Crippen LogP contribution in [0, 0.1) is 11.8 Å². The monoisotopic (exact) mass is 501 g/mol. The van der Waals surface area contributed by atoms with Gasteiger partial charge in [-0.2, -0.15) is 0 Å². The number of carboxylic acid groups (broad SMARTS) is 1. The number of ketones is 2. The summed E-state index contributed by atoms with van der Waals surface area (Å²) in [4.78, 5) is 53.7. The summed E-state index contributed by atoms with van der Waals surface area (Å²) in [7, 11) is 6.33. The first kappa shape index (κ1) is 25.2. The Hall–Kier alpha value is -3.90. The first-order valence-electron chi connectivity index (χ1n) is 11.1. The largest absolute Gasteiger partial charge is 0.508 e. The maximum atomic E-state index is 13.8. The number of benzene rings is 1. The Morgan fingerprint density at radius 2 is 1.72 bits per heavy atom. The lowest BCUT2D eigenvalue weighted by molar-refractivity contribution is -0.153. The fourth-order valence-corrected chi connectivity index (χ4v) is 5.85. The number of hydrogen-bond acceptors (Lipinski definition) is 10. The van der Waals surface area contributed by atoms with Gasteiger partial charge in [0.25, 0.3) is 5.91 Å². The average Bonchev–Trinajstić information content (AvgIpc) is 2.75. The van der Waals surface area contributed by atoms with Crippen molar-refractivity contribution in [3.8, 4) is 5.75 Å². The van der Waals surface area contributed by atoms with E-state index in [-0.39, 0.29) is 24.0 Å². The highest BCUT2D eigenvalue weighted by molar-refractivity contribution is 6.24. The molecule has 192 valence electrons. The number of aliphatic hydroxyl groups excluding tert-OH is 2. The zero-order valence-electron chi connectivity index (χ0n) is 20.1. The van der Waals surface area contributed by atoms with Gasteiger partial charge in [-0.05, 0) is 44.5 Å². The quantitative estimate of drug-likeness (QED) is 0.296. The third kappa shape index (κ3) is 3.14. The minimum absolute atomic E-state index is 0.0555. The molecule has 0 saturated heterocycles. The van der Waals surface area contributed by atoms with Crippen molar-refractivity contribution in [3.63, 3.8) is 0 Å². The van der Waals surface area contributed by atoms with Crippen LogP contribution in [-0.2, 0) is 20.8 Å². The van der Waals surface area contributed by atoms with E-state index < -0.39 is 75.3 Å². The zero-order valence-corrected chi connectivity index (χ0v) is 20.1. The van der Waals surface area contributed by atoms with Gasteiger partial charge >= 0.3 is 5.97 Å². The summed E-state index contributed by atoms with van der Waals surface area (Å²) in [6, 6.07) is 0.0782. The molecule has 1 aromatic rings. The summed E-state index contributed by atoms with van der Waals surface area (Å²) in [5.41, 5.74) is 1.30. The summed E-state index contributed by atoms with van der Waals surface area (Å²) >= 11 is 0. The summed E-state index contributed by atoms with van der Waals surface area (Å²) in [6.07, 6.45) is 0.00951. The average molecular weight is 501 g/mol. The molecule has 7 N–H and O–H groups in total. The number of primary amides is 1. The van der Waals surface area contributed by atoms with E-state index in [0.717, 1.165) is 0 Å². The highest BCUT2D eigenvalue weighted by Crippen LogP contribution is 2.54. The van der Waals surface area contributed by atoms with Crippen LogP contribution in [0.1, 0.15) is 27.9 Å². The summed E-state index contributed by atoms with van der Waals surface area (Å²) in [5, 5.41) is 53.9. The number of aromatic hydroxyl groups is 1. The Bertz CT molecular complexity index is 1310. The Balaban J connectivity index is 2.03. The van der Waals surface area contributed by atoms with Gasteiger partial charge in [0.2, 0.25) is 5.78 Å². The minimum atomic E-state index is -2.76. The third-order valence-corrected chi connectivity index (χ3v) is 7.41. The molecule has 0 heterocycles. The molecule has 0 spiro atoms. The van der Waals surface area contributed by atoms with Crippen molar-refractivity contribution in [2.45, 2.75) is 24.5 Å². The Kier molecular flexibility index (Phi) is 5.65. The van der Waals surface area contributed by atoms with Crippen molar-refractivity contribution in [3.05, 3.63) is 39.7 Å². The number of carbonyl (C=O) groups is 4. The van der Waals surface area contributed by atoms with E-state index in [2.05, 4.69) is 0 Å². The molecule has 12 nitrogen and oxygen atoms in total. The predicted molar refractivity (Wildman–Crippen MR) is 126 cm³/mol. The summed E-state index contributed by atoms with van der Waals surface area (Å²) in [5.74, 6) is -9.39. The fourth-order valence-electron chi connectivity index (χ4n) is 5.85. The number of hydrogen-bond donors (Lipinski definition) is 6. The number of aliphatic hydroxyl groups is 3. The predicted octanol–water partition coefficient (Wildman–Crippen LogP) is -0.272. The number of phenols is 1. The Morgan fingerprint density at radius 1 is 1.11 bits per heavy atom. The number of fused-ring (bicyclic) bond motifs is 3. The minimum Gasteiger partial charge on any atom is -0.508 e. The van der Waals surface area contributed by atoms with E-state index in [4.69, 9.17) is 5.73 Å². The van der Waals surface area contributed by atoms with Gasteiger partial charge in [-0.3, -0.25) is 19.3 Å². The number of amides is 1. The van der Waals surface area contributed by atoms with E-state index >= 15 is 0 Å². The topological polar surface area (TPSA) is 202 Å². The van der Waals surface area contributed by atoms with Gasteiger partial charge in [0, 0.05) is 31.3 Å². The molecule has 0 bridgehead atoms. The van der Waals surface area contributed by atoms with Crippen LogP contribution >= 0.6 is 0 Å². The van der Waals surface area contributed by atoms with Crippen molar-refractivity contribution in [2.75, 3.05) is 33.1 Å². The molecule has 0 aromatic heterocycles. The first-order valence-corrected chi connectivity index (χ1v) is 11.1. The second-order valence-electron chi connectivity index (χ2n) is 9.81. The zero-order chi connectivity index (χ0) is 27.0. The first-order chi connectivity index (χ1) is 16.7. The molecule has 1 aromatic carbocycles. The van der Waals surface area contributed by atoms with E-state index in [1.54, 1.807) is 19.0 Å². The van der Waals surface area contributed by atoms with Crippen LogP contribution in [0.3, 0.4) is 0 Å². The molecule has 0 aliphatic heterocycles. The molecule has 4 rings (SSSR count). The van der Waals surface area contributed by atoms with E-state index in [1.807, 2.05) is 0 Å². The fraction of sp³-hybridized carbons (Fsp3) is 0.417.